The minimum absolute atomic E-state index is 0.00907. The van der Waals surface area contributed by atoms with Gasteiger partial charge < -0.3 is 9.84 Å². The van der Waals surface area contributed by atoms with Gasteiger partial charge in [0.2, 0.25) is 0 Å². The second-order valence-corrected chi connectivity index (χ2v) is 5.33. The minimum Gasteiger partial charge on any atom is -0.508 e. The van der Waals surface area contributed by atoms with E-state index in [1.54, 1.807) is 13.2 Å². The first-order valence-electron chi connectivity index (χ1n) is 6.90. The van der Waals surface area contributed by atoms with Crippen molar-refractivity contribution in [1.82, 2.24) is 0 Å². The number of ether oxygens (including phenoxy) is 1. The lowest BCUT2D eigenvalue weighted by Gasteiger charge is -2.18. The van der Waals surface area contributed by atoms with Crippen molar-refractivity contribution in [2.45, 2.75) is 33.3 Å². The lowest BCUT2D eigenvalue weighted by atomic mass is 9.95. The van der Waals surface area contributed by atoms with E-state index >= 15 is 0 Å². The SMILES string of the molecule is COC(Cc1cccc(C)c1C)c1ccc(O)c(C)c1. The topological polar surface area (TPSA) is 29.5 Å². The van der Waals surface area contributed by atoms with E-state index in [2.05, 4.69) is 32.0 Å². The number of hydrogen-bond acceptors (Lipinski definition) is 2. The van der Waals surface area contributed by atoms with Crippen molar-refractivity contribution >= 4 is 0 Å². The molecule has 2 heteroatoms. The lowest BCUT2D eigenvalue weighted by Crippen LogP contribution is -2.07. The van der Waals surface area contributed by atoms with E-state index in [4.69, 9.17) is 4.74 Å². The molecule has 0 amide bonds. The molecular weight excluding hydrogens is 248 g/mol. The molecule has 2 aromatic rings. The van der Waals surface area contributed by atoms with E-state index in [1.807, 2.05) is 19.1 Å². The molecule has 1 atom stereocenters. The number of aromatic hydroxyl groups is 1. The molecule has 0 saturated heterocycles. The van der Waals surface area contributed by atoms with Crippen LogP contribution in [0.3, 0.4) is 0 Å². The predicted molar refractivity (Wildman–Crippen MR) is 82.2 cm³/mol. The third kappa shape index (κ3) is 3.02. The maximum atomic E-state index is 9.63. The van der Waals surface area contributed by atoms with Crippen molar-refractivity contribution in [3.63, 3.8) is 0 Å². The summed E-state index contributed by atoms with van der Waals surface area (Å²) in [7, 11) is 1.73. The van der Waals surface area contributed by atoms with Gasteiger partial charge in [-0.2, -0.15) is 0 Å². The number of phenolic OH excluding ortho intramolecular Hbond substituents is 1. The summed E-state index contributed by atoms with van der Waals surface area (Å²) in [6.07, 6.45) is 0.851. The largest absolute Gasteiger partial charge is 0.508 e. The zero-order valence-electron chi connectivity index (χ0n) is 12.6. The van der Waals surface area contributed by atoms with Crippen LogP contribution < -0.4 is 0 Å². The van der Waals surface area contributed by atoms with Gasteiger partial charge in [-0.1, -0.05) is 24.3 Å². The van der Waals surface area contributed by atoms with Gasteiger partial charge in [0, 0.05) is 13.5 Å². The van der Waals surface area contributed by atoms with Gasteiger partial charge in [-0.15, -0.1) is 0 Å². The summed E-state index contributed by atoms with van der Waals surface area (Å²) in [6, 6.07) is 12.0. The number of rotatable bonds is 4. The number of aryl methyl sites for hydroxylation is 2. The second kappa shape index (κ2) is 6.10. The maximum absolute atomic E-state index is 9.63. The van der Waals surface area contributed by atoms with Crippen molar-refractivity contribution in [2.24, 2.45) is 0 Å². The highest BCUT2D eigenvalue weighted by atomic mass is 16.5. The minimum atomic E-state index is 0.00907. The van der Waals surface area contributed by atoms with Crippen LogP contribution >= 0.6 is 0 Å². The molecule has 2 nitrogen and oxygen atoms in total. The summed E-state index contributed by atoms with van der Waals surface area (Å²) in [6.45, 7) is 6.19. The summed E-state index contributed by atoms with van der Waals surface area (Å²) in [5.41, 5.74) is 5.92. The van der Waals surface area contributed by atoms with Crippen LogP contribution in [0, 0.1) is 20.8 Å². The third-order valence-electron chi connectivity index (χ3n) is 4.00. The fourth-order valence-electron chi connectivity index (χ4n) is 2.45. The van der Waals surface area contributed by atoms with Gasteiger partial charge in [-0.3, -0.25) is 0 Å². The molecule has 0 bridgehead atoms. The molecule has 0 aliphatic heterocycles. The van der Waals surface area contributed by atoms with Gasteiger partial charge in [-0.05, 0) is 60.7 Å². The Morgan fingerprint density at radius 1 is 1.05 bits per heavy atom. The van der Waals surface area contributed by atoms with Crippen LogP contribution in [-0.2, 0) is 11.2 Å². The van der Waals surface area contributed by atoms with Crippen molar-refractivity contribution in [2.75, 3.05) is 7.11 Å². The van der Waals surface area contributed by atoms with E-state index in [0.717, 1.165) is 17.5 Å². The zero-order valence-corrected chi connectivity index (χ0v) is 12.6. The highest BCUT2D eigenvalue weighted by Gasteiger charge is 2.14. The molecular formula is C18H22O2. The summed E-state index contributed by atoms with van der Waals surface area (Å²) in [4.78, 5) is 0. The first-order chi connectivity index (χ1) is 9.52. The Bertz CT molecular complexity index is 602. The van der Waals surface area contributed by atoms with Crippen LogP contribution in [0.2, 0.25) is 0 Å². The molecule has 1 unspecified atom stereocenters. The van der Waals surface area contributed by atoms with Gasteiger partial charge in [0.25, 0.3) is 0 Å². The van der Waals surface area contributed by atoms with Gasteiger partial charge >= 0.3 is 0 Å². The van der Waals surface area contributed by atoms with E-state index in [-0.39, 0.29) is 6.10 Å². The third-order valence-corrected chi connectivity index (χ3v) is 4.00. The molecule has 0 spiro atoms. The smallest absolute Gasteiger partial charge is 0.118 e. The number of phenols is 1. The summed E-state index contributed by atoms with van der Waals surface area (Å²) < 4.78 is 5.65. The van der Waals surface area contributed by atoms with Gasteiger partial charge in [0.1, 0.15) is 5.75 Å². The number of hydrogen-bond donors (Lipinski definition) is 1. The molecule has 0 heterocycles. The molecule has 0 radical (unpaired) electrons. The highest BCUT2D eigenvalue weighted by Crippen LogP contribution is 2.27. The van der Waals surface area contributed by atoms with Crippen molar-refractivity contribution < 1.29 is 9.84 Å². The van der Waals surface area contributed by atoms with Gasteiger partial charge in [0.05, 0.1) is 6.10 Å². The van der Waals surface area contributed by atoms with Crippen molar-refractivity contribution in [1.29, 1.82) is 0 Å². The maximum Gasteiger partial charge on any atom is 0.118 e. The molecule has 2 rings (SSSR count). The molecule has 0 saturated carbocycles. The number of methoxy groups -OCH3 is 1. The van der Waals surface area contributed by atoms with Crippen LogP contribution in [0.4, 0.5) is 0 Å². The molecule has 20 heavy (non-hydrogen) atoms. The van der Waals surface area contributed by atoms with Crippen LogP contribution in [0.5, 0.6) is 5.75 Å². The Labute approximate surface area is 121 Å². The summed E-state index contributed by atoms with van der Waals surface area (Å²) >= 11 is 0. The highest BCUT2D eigenvalue weighted by molar-refractivity contribution is 5.38. The monoisotopic (exact) mass is 270 g/mol. The van der Waals surface area contributed by atoms with Gasteiger partial charge in [0.15, 0.2) is 0 Å². The van der Waals surface area contributed by atoms with E-state index < -0.39 is 0 Å². The fourth-order valence-corrected chi connectivity index (χ4v) is 2.45. The normalized spacial score (nSPS) is 12.4. The Hall–Kier alpha value is -1.80. The van der Waals surface area contributed by atoms with Crippen molar-refractivity contribution in [3.8, 4) is 5.75 Å². The van der Waals surface area contributed by atoms with E-state index in [1.165, 1.54) is 16.7 Å². The standard InChI is InChI=1S/C18H22O2/c1-12-6-5-7-15(14(12)3)11-18(20-4)16-8-9-17(19)13(2)10-16/h5-10,18-19H,11H2,1-4H3. The molecule has 0 aliphatic rings. The summed E-state index contributed by atoms with van der Waals surface area (Å²) in [5.74, 6) is 0.329. The Morgan fingerprint density at radius 2 is 1.80 bits per heavy atom. The Morgan fingerprint density at radius 3 is 2.45 bits per heavy atom. The van der Waals surface area contributed by atoms with Crippen LogP contribution in [-0.4, -0.2) is 12.2 Å². The molecule has 2 aromatic carbocycles. The molecule has 0 aliphatic carbocycles. The zero-order chi connectivity index (χ0) is 14.7. The number of benzene rings is 2. The Kier molecular flexibility index (Phi) is 4.46. The second-order valence-electron chi connectivity index (χ2n) is 5.33. The van der Waals surface area contributed by atoms with Crippen LogP contribution in [0.25, 0.3) is 0 Å². The van der Waals surface area contributed by atoms with Crippen LogP contribution in [0.15, 0.2) is 36.4 Å². The molecule has 0 fully saturated rings. The quantitative estimate of drug-likeness (QED) is 0.900. The molecule has 1 N–H and O–H groups in total. The van der Waals surface area contributed by atoms with Gasteiger partial charge in [-0.25, -0.2) is 0 Å². The van der Waals surface area contributed by atoms with E-state index in [9.17, 15) is 5.11 Å². The van der Waals surface area contributed by atoms with E-state index in [0.29, 0.717) is 5.75 Å². The fraction of sp³-hybridized carbons (Fsp3) is 0.333. The predicted octanol–water partition coefficient (Wildman–Crippen LogP) is 4.25. The lowest BCUT2D eigenvalue weighted by molar-refractivity contribution is 0.103. The Balaban J connectivity index is 2.28. The first-order valence-corrected chi connectivity index (χ1v) is 6.90. The molecule has 106 valence electrons. The molecule has 0 aromatic heterocycles. The summed E-state index contributed by atoms with van der Waals surface area (Å²) in [5, 5.41) is 9.63. The van der Waals surface area contributed by atoms with Crippen molar-refractivity contribution in [3.05, 3.63) is 64.2 Å². The first kappa shape index (κ1) is 14.6. The average molecular weight is 270 g/mol. The average Bonchev–Trinajstić information content (AvgIpc) is 2.44. The van der Waals surface area contributed by atoms with Crippen LogP contribution in [0.1, 0.15) is 33.9 Å².